The van der Waals surface area contributed by atoms with Crippen molar-refractivity contribution in [2.24, 2.45) is 5.92 Å². The number of anilines is 1. The van der Waals surface area contributed by atoms with Crippen LogP contribution in [-0.4, -0.2) is 61.5 Å². The second-order valence-electron chi connectivity index (χ2n) is 7.23. The number of hydrogen-bond donors (Lipinski definition) is 0. The van der Waals surface area contributed by atoms with Gasteiger partial charge in [-0.2, -0.15) is 5.26 Å². The average molecular weight is 340 g/mol. The molecule has 0 N–H and O–H groups in total. The molecule has 1 atom stereocenters. The van der Waals surface area contributed by atoms with Crippen molar-refractivity contribution < 1.29 is 4.79 Å². The maximum atomic E-state index is 12.4. The number of nitriles is 1. The summed E-state index contributed by atoms with van der Waals surface area (Å²) in [5, 5.41) is 9.06. The normalized spacial score (nSPS) is 21.8. The van der Waals surface area contributed by atoms with Crippen LogP contribution in [0.25, 0.3) is 0 Å². The molecule has 5 heteroatoms. The molecule has 2 aliphatic heterocycles. The average Bonchev–Trinajstić information content (AvgIpc) is 2.66. The van der Waals surface area contributed by atoms with Crippen molar-refractivity contribution in [2.75, 3.05) is 50.7 Å². The van der Waals surface area contributed by atoms with E-state index in [9.17, 15) is 4.79 Å². The summed E-state index contributed by atoms with van der Waals surface area (Å²) in [5.41, 5.74) is 2.59. The SMILES string of the molecule is Cc1cccc(N2CCN(CCC(=O)N3CCCC(C#N)C3)CC2)c1. The third-order valence-corrected chi connectivity index (χ3v) is 5.34. The van der Waals surface area contributed by atoms with E-state index in [0.717, 1.165) is 52.1 Å². The van der Waals surface area contributed by atoms with Gasteiger partial charge in [-0.15, -0.1) is 0 Å². The first-order valence-corrected chi connectivity index (χ1v) is 9.37. The number of aryl methyl sites for hydroxylation is 1. The van der Waals surface area contributed by atoms with Gasteiger partial charge in [0.15, 0.2) is 0 Å². The number of piperazine rings is 1. The van der Waals surface area contributed by atoms with Gasteiger partial charge in [-0.25, -0.2) is 0 Å². The Balaban J connectivity index is 1.42. The highest BCUT2D eigenvalue weighted by atomic mass is 16.2. The lowest BCUT2D eigenvalue weighted by Crippen LogP contribution is -2.48. The molecule has 2 aliphatic rings. The third kappa shape index (κ3) is 4.73. The van der Waals surface area contributed by atoms with Crippen molar-refractivity contribution >= 4 is 11.6 Å². The Morgan fingerprint density at radius 3 is 2.76 bits per heavy atom. The monoisotopic (exact) mass is 340 g/mol. The summed E-state index contributed by atoms with van der Waals surface area (Å²) in [7, 11) is 0. The van der Waals surface area contributed by atoms with Gasteiger partial charge in [0, 0.05) is 57.9 Å². The number of carbonyl (C=O) groups is 1. The van der Waals surface area contributed by atoms with Crippen LogP contribution < -0.4 is 4.90 Å². The summed E-state index contributed by atoms with van der Waals surface area (Å²) in [6, 6.07) is 11.0. The minimum Gasteiger partial charge on any atom is -0.369 e. The molecule has 2 fully saturated rings. The van der Waals surface area contributed by atoms with Crippen LogP contribution in [0.4, 0.5) is 5.69 Å². The number of nitrogens with zero attached hydrogens (tertiary/aromatic N) is 4. The summed E-state index contributed by atoms with van der Waals surface area (Å²) in [6.45, 7) is 8.42. The zero-order chi connectivity index (χ0) is 17.6. The van der Waals surface area contributed by atoms with Crippen LogP contribution in [0.5, 0.6) is 0 Å². The third-order valence-electron chi connectivity index (χ3n) is 5.34. The van der Waals surface area contributed by atoms with E-state index >= 15 is 0 Å². The van der Waals surface area contributed by atoms with Crippen LogP contribution in [0.2, 0.25) is 0 Å². The lowest BCUT2D eigenvalue weighted by molar-refractivity contribution is -0.133. The molecule has 1 aromatic rings. The van der Waals surface area contributed by atoms with E-state index in [2.05, 4.69) is 47.1 Å². The Morgan fingerprint density at radius 1 is 1.24 bits per heavy atom. The minimum absolute atomic E-state index is 0.0237. The quantitative estimate of drug-likeness (QED) is 0.844. The van der Waals surface area contributed by atoms with Crippen molar-refractivity contribution in [3.05, 3.63) is 29.8 Å². The van der Waals surface area contributed by atoms with E-state index in [4.69, 9.17) is 5.26 Å². The summed E-state index contributed by atoms with van der Waals surface area (Å²) in [6.07, 6.45) is 2.46. The lowest BCUT2D eigenvalue weighted by atomic mass is 9.99. The maximum absolute atomic E-state index is 12.4. The Bertz CT molecular complexity index is 631. The predicted molar refractivity (Wildman–Crippen MR) is 99.4 cm³/mol. The Labute approximate surface area is 150 Å². The second-order valence-corrected chi connectivity index (χ2v) is 7.23. The van der Waals surface area contributed by atoms with E-state index in [1.165, 1.54) is 11.3 Å². The smallest absolute Gasteiger partial charge is 0.223 e. The maximum Gasteiger partial charge on any atom is 0.223 e. The van der Waals surface area contributed by atoms with Gasteiger partial charge in [-0.1, -0.05) is 12.1 Å². The number of piperidine rings is 1. The van der Waals surface area contributed by atoms with Gasteiger partial charge < -0.3 is 9.80 Å². The molecule has 1 amide bonds. The molecule has 3 rings (SSSR count). The standard InChI is InChI=1S/C20H28N4O/c1-17-4-2-6-19(14-17)23-12-10-22(11-13-23)9-7-20(25)24-8-3-5-18(15-21)16-24/h2,4,6,14,18H,3,5,7-13,16H2,1H3. The zero-order valence-corrected chi connectivity index (χ0v) is 15.2. The fraction of sp³-hybridized carbons (Fsp3) is 0.600. The number of carbonyl (C=O) groups excluding carboxylic acids is 1. The van der Waals surface area contributed by atoms with Gasteiger partial charge in [0.25, 0.3) is 0 Å². The lowest BCUT2D eigenvalue weighted by Gasteiger charge is -2.36. The van der Waals surface area contributed by atoms with E-state index in [1.807, 2.05) is 4.90 Å². The van der Waals surface area contributed by atoms with Gasteiger partial charge in [-0.05, 0) is 37.5 Å². The highest BCUT2D eigenvalue weighted by molar-refractivity contribution is 5.76. The van der Waals surface area contributed by atoms with Crippen LogP contribution in [0, 0.1) is 24.2 Å². The van der Waals surface area contributed by atoms with Gasteiger partial charge in [0.2, 0.25) is 5.91 Å². The molecule has 5 nitrogen and oxygen atoms in total. The van der Waals surface area contributed by atoms with E-state index < -0.39 is 0 Å². The van der Waals surface area contributed by atoms with Gasteiger partial charge in [0.1, 0.15) is 0 Å². The zero-order valence-electron chi connectivity index (χ0n) is 15.2. The van der Waals surface area contributed by atoms with E-state index in [0.29, 0.717) is 13.0 Å². The highest BCUT2D eigenvalue weighted by Gasteiger charge is 2.24. The molecule has 0 bridgehead atoms. The summed E-state index contributed by atoms with van der Waals surface area (Å²) < 4.78 is 0. The van der Waals surface area contributed by atoms with Gasteiger partial charge in [-0.3, -0.25) is 9.69 Å². The van der Waals surface area contributed by atoms with E-state index in [1.54, 1.807) is 0 Å². The van der Waals surface area contributed by atoms with Crippen molar-refractivity contribution in [1.29, 1.82) is 5.26 Å². The van der Waals surface area contributed by atoms with E-state index in [-0.39, 0.29) is 11.8 Å². The fourth-order valence-electron chi connectivity index (χ4n) is 3.78. The molecule has 0 aliphatic carbocycles. The minimum atomic E-state index is 0.0237. The molecule has 25 heavy (non-hydrogen) atoms. The van der Waals surface area contributed by atoms with Gasteiger partial charge in [0.05, 0.1) is 12.0 Å². The van der Waals surface area contributed by atoms with Crippen LogP contribution in [0.3, 0.4) is 0 Å². The number of benzene rings is 1. The Morgan fingerprint density at radius 2 is 2.04 bits per heavy atom. The number of hydrogen-bond acceptors (Lipinski definition) is 4. The molecule has 1 unspecified atom stereocenters. The Hall–Kier alpha value is -2.06. The summed E-state index contributed by atoms with van der Waals surface area (Å²) >= 11 is 0. The molecule has 0 saturated carbocycles. The molecule has 134 valence electrons. The van der Waals surface area contributed by atoms with Crippen LogP contribution in [0.1, 0.15) is 24.8 Å². The molecule has 0 aromatic heterocycles. The fourth-order valence-corrected chi connectivity index (χ4v) is 3.78. The molecule has 0 spiro atoms. The molecular formula is C20H28N4O. The number of likely N-dealkylation sites (tertiary alicyclic amines) is 1. The van der Waals surface area contributed by atoms with Crippen molar-refractivity contribution in [3.8, 4) is 6.07 Å². The molecule has 2 heterocycles. The van der Waals surface area contributed by atoms with Crippen LogP contribution in [-0.2, 0) is 4.79 Å². The highest BCUT2D eigenvalue weighted by Crippen LogP contribution is 2.19. The second kappa shape index (κ2) is 8.35. The first-order chi connectivity index (χ1) is 12.2. The molecular weight excluding hydrogens is 312 g/mol. The topological polar surface area (TPSA) is 50.6 Å². The van der Waals surface area contributed by atoms with Crippen molar-refractivity contribution in [1.82, 2.24) is 9.80 Å². The van der Waals surface area contributed by atoms with Crippen LogP contribution >= 0.6 is 0 Å². The molecule has 1 aromatic carbocycles. The first-order valence-electron chi connectivity index (χ1n) is 9.37. The van der Waals surface area contributed by atoms with Crippen molar-refractivity contribution in [2.45, 2.75) is 26.2 Å². The summed E-state index contributed by atoms with van der Waals surface area (Å²) in [4.78, 5) is 19.1. The molecule has 0 radical (unpaired) electrons. The first kappa shape index (κ1) is 17.8. The van der Waals surface area contributed by atoms with Crippen molar-refractivity contribution in [3.63, 3.8) is 0 Å². The number of rotatable bonds is 4. The summed E-state index contributed by atoms with van der Waals surface area (Å²) in [5.74, 6) is 0.233. The molecule has 2 saturated heterocycles. The van der Waals surface area contributed by atoms with Gasteiger partial charge >= 0.3 is 0 Å². The Kier molecular flexibility index (Phi) is 5.93. The predicted octanol–water partition coefficient (Wildman–Crippen LogP) is 2.27. The van der Waals surface area contributed by atoms with Crippen LogP contribution in [0.15, 0.2) is 24.3 Å². The number of amides is 1. The largest absolute Gasteiger partial charge is 0.369 e.